The molecule has 0 spiro atoms. The fourth-order valence-corrected chi connectivity index (χ4v) is 2.66. The minimum absolute atomic E-state index is 0.0714. The number of anilines is 1. The minimum atomic E-state index is -0.195. The Morgan fingerprint density at radius 2 is 1.86 bits per heavy atom. The average molecular weight is 311 g/mol. The summed E-state index contributed by atoms with van der Waals surface area (Å²) in [7, 11) is 0. The molecule has 1 aromatic heterocycles. The molecule has 0 saturated carbocycles. The summed E-state index contributed by atoms with van der Waals surface area (Å²) in [5.74, 6) is 0.698. The number of nitrogens with zero attached hydrogens (tertiary/aromatic N) is 1. The predicted molar refractivity (Wildman–Crippen MR) is 92.2 cm³/mol. The van der Waals surface area contributed by atoms with Gasteiger partial charge in [-0.1, -0.05) is 42.5 Å². The summed E-state index contributed by atoms with van der Waals surface area (Å²) in [6, 6.07) is 17.6. The van der Waals surface area contributed by atoms with Crippen molar-refractivity contribution in [1.82, 2.24) is 9.97 Å². The van der Waals surface area contributed by atoms with Crippen LogP contribution in [0.1, 0.15) is 5.56 Å². The second kappa shape index (κ2) is 6.66. The number of hydrogen-bond donors (Lipinski definition) is 3. The Balaban J connectivity index is 1.71. The van der Waals surface area contributed by atoms with Crippen molar-refractivity contribution in [2.24, 2.45) is 5.92 Å². The summed E-state index contributed by atoms with van der Waals surface area (Å²) in [5, 5.41) is 2.85. The fourth-order valence-electron chi connectivity index (χ4n) is 2.37. The van der Waals surface area contributed by atoms with E-state index in [1.54, 1.807) is 0 Å². The maximum absolute atomic E-state index is 12.4. The molecule has 4 nitrogen and oxygen atoms in total. The molecule has 5 heteroatoms. The number of carbonyl (C=O) groups is 1. The van der Waals surface area contributed by atoms with Gasteiger partial charge in [-0.25, -0.2) is 4.98 Å². The van der Waals surface area contributed by atoms with E-state index in [1.165, 1.54) is 0 Å². The zero-order chi connectivity index (χ0) is 15.4. The van der Waals surface area contributed by atoms with E-state index in [9.17, 15) is 4.79 Å². The van der Waals surface area contributed by atoms with Gasteiger partial charge in [-0.15, -0.1) is 0 Å². The van der Waals surface area contributed by atoms with Gasteiger partial charge in [-0.05, 0) is 24.1 Å². The van der Waals surface area contributed by atoms with Gasteiger partial charge in [0.25, 0.3) is 0 Å². The summed E-state index contributed by atoms with van der Waals surface area (Å²) in [4.78, 5) is 19.9. The topological polar surface area (TPSA) is 57.8 Å². The molecule has 0 aliphatic carbocycles. The predicted octanol–water partition coefficient (Wildman–Crippen LogP) is 3.29. The molecule has 3 aromatic rings. The molecule has 112 valence electrons. The lowest BCUT2D eigenvalue weighted by Gasteiger charge is -2.13. The molecule has 2 aromatic carbocycles. The van der Waals surface area contributed by atoms with Crippen molar-refractivity contribution in [1.29, 1.82) is 0 Å². The lowest BCUT2D eigenvalue weighted by molar-refractivity contribution is -0.119. The standard InChI is InChI=1S/C17H17N3OS/c21-16(13(11-22)10-12-6-2-1-3-7-12)20-17-18-14-8-4-5-9-15(14)19-17/h1-9,13,22H,10-11H2,(H2,18,19,20,21). The number of aromatic nitrogens is 2. The molecule has 3 rings (SSSR count). The first-order chi connectivity index (χ1) is 10.8. The van der Waals surface area contributed by atoms with E-state index in [0.717, 1.165) is 16.6 Å². The van der Waals surface area contributed by atoms with Crippen LogP contribution in [-0.2, 0) is 11.2 Å². The van der Waals surface area contributed by atoms with Gasteiger partial charge in [0.15, 0.2) is 0 Å². The van der Waals surface area contributed by atoms with Crippen LogP contribution in [0.3, 0.4) is 0 Å². The van der Waals surface area contributed by atoms with Crippen molar-refractivity contribution in [2.45, 2.75) is 6.42 Å². The number of nitrogens with one attached hydrogen (secondary N) is 2. The van der Waals surface area contributed by atoms with Gasteiger partial charge in [0, 0.05) is 5.75 Å². The smallest absolute Gasteiger partial charge is 0.230 e. The molecule has 0 aliphatic rings. The van der Waals surface area contributed by atoms with Crippen LogP contribution in [0.4, 0.5) is 5.95 Å². The molecule has 2 N–H and O–H groups in total. The highest BCUT2D eigenvalue weighted by molar-refractivity contribution is 7.80. The molecule has 0 saturated heterocycles. The van der Waals surface area contributed by atoms with E-state index in [4.69, 9.17) is 0 Å². The average Bonchev–Trinajstić information content (AvgIpc) is 2.95. The Morgan fingerprint density at radius 1 is 1.14 bits per heavy atom. The van der Waals surface area contributed by atoms with E-state index in [1.807, 2.05) is 54.6 Å². The first kappa shape index (κ1) is 14.7. The molecule has 1 heterocycles. The molecule has 1 atom stereocenters. The van der Waals surface area contributed by atoms with E-state index in [0.29, 0.717) is 18.1 Å². The first-order valence-corrected chi connectivity index (χ1v) is 7.80. The first-order valence-electron chi connectivity index (χ1n) is 7.16. The summed E-state index contributed by atoms with van der Waals surface area (Å²) in [5.41, 5.74) is 2.87. The van der Waals surface area contributed by atoms with Crippen molar-refractivity contribution >= 4 is 35.5 Å². The number of para-hydroxylation sites is 2. The van der Waals surface area contributed by atoms with E-state index in [-0.39, 0.29) is 11.8 Å². The molecular formula is C17H17N3OS. The summed E-state index contributed by atoms with van der Waals surface area (Å²) in [6.07, 6.45) is 0.663. The lowest BCUT2D eigenvalue weighted by Crippen LogP contribution is -2.26. The SMILES string of the molecule is O=C(Nc1nc2ccccc2[nH]1)C(CS)Cc1ccccc1. The van der Waals surface area contributed by atoms with E-state index < -0.39 is 0 Å². The van der Waals surface area contributed by atoms with Gasteiger partial charge in [0.1, 0.15) is 0 Å². The van der Waals surface area contributed by atoms with Gasteiger partial charge < -0.3 is 4.98 Å². The zero-order valence-corrected chi connectivity index (χ0v) is 12.9. The summed E-state index contributed by atoms with van der Waals surface area (Å²) in [6.45, 7) is 0. The number of imidazole rings is 1. The molecule has 22 heavy (non-hydrogen) atoms. The van der Waals surface area contributed by atoms with E-state index in [2.05, 4.69) is 27.9 Å². The van der Waals surface area contributed by atoms with Crippen molar-refractivity contribution in [2.75, 3.05) is 11.1 Å². The normalized spacial score (nSPS) is 12.2. The maximum Gasteiger partial charge on any atom is 0.230 e. The quantitative estimate of drug-likeness (QED) is 0.633. The third kappa shape index (κ3) is 3.31. The van der Waals surface area contributed by atoms with Crippen LogP contribution in [0.5, 0.6) is 0 Å². The molecule has 0 fully saturated rings. The maximum atomic E-state index is 12.4. The Morgan fingerprint density at radius 3 is 2.59 bits per heavy atom. The minimum Gasteiger partial charge on any atom is -0.324 e. The summed E-state index contributed by atoms with van der Waals surface area (Å²) >= 11 is 4.31. The van der Waals surface area contributed by atoms with Crippen molar-refractivity contribution in [3.05, 3.63) is 60.2 Å². The number of hydrogen-bond acceptors (Lipinski definition) is 3. The Bertz CT molecular complexity index is 737. The number of amides is 1. The number of aromatic amines is 1. The van der Waals surface area contributed by atoms with Gasteiger partial charge >= 0.3 is 0 Å². The molecule has 1 unspecified atom stereocenters. The Hall–Kier alpha value is -2.27. The van der Waals surface area contributed by atoms with Gasteiger partial charge in [0.05, 0.1) is 17.0 Å². The van der Waals surface area contributed by atoms with Crippen LogP contribution in [-0.4, -0.2) is 21.6 Å². The van der Waals surface area contributed by atoms with Crippen molar-refractivity contribution in [3.8, 4) is 0 Å². The number of thiol groups is 1. The highest BCUT2D eigenvalue weighted by Crippen LogP contribution is 2.16. The molecule has 0 radical (unpaired) electrons. The van der Waals surface area contributed by atoms with Crippen LogP contribution in [0, 0.1) is 5.92 Å². The Labute approximate surface area is 134 Å². The third-order valence-corrected chi connectivity index (χ3v) is 3.99. The highest BCUT2D eigenvalue weighted by atomic mass is 32.1. The number of fused-ring (bicyclic) bond motifs is 1. The van der Waals surface area contributed by atoms with Crippen LogP contribution >= 0.6 is 12.6 Å². The third-order valence-electron chi connectivity index (χ3n) is 3.55. The van der Waals surface area contributed by atoms with E-state index >= 15 is 0 Å². The fraction of sp³-hybridized carbons (Fsp3) is 0.176. The Kier molecular flexibility index (Phi) is 4.44. The molecule has 1 amide bonds. The highest BCUT2D eigenvalue weighted by Gasteiger charge is 2.18. The largest absolute Gasteiger partial charge is 0.324 e. The van der Waals surface area contributed by atoms with Gasteiger partial charge in [-0.2, -0.15) is 12.6 Å². The molecule has 0 aliphatic heterocycles. The number of carbonyl (C=O) groups excluding carboxylic acids is 1. The van der Waals surface area contributed by atoms with Gasteiger partial charge in [0.2, 0.25) is 11.9 Å². The number of rotatable bonds is 5. The second-order valence-electron chi connectivity index (χ2n) is 5.16. The lowest BCUT2D eigenvalue weighted by atomic mass is 10.0. The van der Waals surface area contributed by atoms with Gasteiger partial charge in [-0.3, -0.25) is 10.1 Å². The molecule has 0 bridgehead atoms. The zero-order valence-electron chi connectivity index (χ0n) is 12.0. The second-order valence-corrected chi connectivity index (χ2v) is 5.53. The van der Waals surface area contributed by atoms with Crippen LogP contribution < -0.4 is 5.32 Å². The van der Waals surface area contributed by atoms with Crippen LogP contribution in [0.25, 0.3) is 11.0 Å². The van der Waals surface area contributed by atoms with Crippen molar-refractivity contribution < 1.29 is 4.79 Å². The van der Waals surface area contributed by atoms with Crippen LogP contribution in [0.2, 0.25) is 0 Å². The number of benzene rings is 2. The monoisotopic (exact) mass is 311 g/mol. The van der Waals surface area contributed by atoms with Crippen LogP contribution in [0.15, 0.2) is 54.6 Å². The number of H-pyrrole nitrogens is 1. The summed E-state index contributed by atoms with van der Waals surface area (Å²) < 4.78 is 0. The van der Waals surface area contributed by atoms with Crippen molar-refractivity contribution in [3.63, 3.8) is 0 Å². The molecular weight excluding hydrogens is 294 g/mol.